The van der Waals surface area contributed by atoms with Crippen molar-refractivity contribution in [1.82, 2.24) is 9.44 Å². The standard InChI is InChI=1S/C16H22N2O2S/c1-2-9-17-21(19,20)18-16-14-7-8-15(16)11-13-6-4-3-5-12(13)10-14/h2-6,14-18H,1,7-11H2. The van der Waals surface area contributed by atoms with E-state index in [-0.39, 0.29) is 12.6 Å². The lowest BCUT2D eigenvalue weighted by Gasteiger charge is -2.23. The molecule has 0 aromatic heterocycles. The molecule has 1 aromatic carbocycles. The molecular formula is C16H22N2O2S. The first kappa shape index (κ1) is 14.8. The van der Waals surface area contributed by atoms with Crippen LogP contribution in [0.4, 0.5) is 0 Å². The zero-order valence-corrected chi connectivity index (χ0v) is 12.9. The maximum atomic E-state index is 12.1. The molecule has 0 amide bonds. The van der Waals surface area contributed by atoms with Crippen molar-refractivity contribution in [2.75, 3.05) is 6.54 Å². The third-order valence-electron chi connectivity index (χ3n) is 4.72. The lowest BCUT2D eigenvalue weighted by Crippen LogP contribution is -2.47. The van der Waals surface area contributed by atoms with Crippen LogP contribution in [0.15, 0.2) is 36.9 Å². The summed E-state index contributed by atoms with van der Waals surface area (Å²) in [4.78, 5) is 0. The second-order valence-corrected chi connectivity index (χ2v) is 7.59. The first-order valence-electron chi connectivity index (χ1n) is 7.53. The number of fused-ring (bicyclic) bond motifs is 3. The Kier molecular flexibility index (Phi) is 4.15. The fourth-order valence-electron chi connectivity index (χ4n) is 3.73. The monoisotopic (exact) mass is 306 g/mol. The molecule has 5 heteroatoms. The van der Waals surface area contributed by atoms with Crippen molar-refractivity contribution in [2.24, 2.45) is 11.8 Å². The van der Waals surface area contributed by atoms with Gasteiger partial charge in [0.2, 0.25) is 0 Å². The van der Waals surface area contributed by atoms with Gasteiger partial charge in [-0.25, -0.2) is 0 Å². The van der Waals surface area contributed by atoms with E-state index >= 15 is 0 Å². The zero-order chi connectivity index (χ0) is 14.9. The van der Waals surface area contributed by atoms with Gasteiger partial charge in [-0.1, -0.05) is 30.3 Å². The van der Waals surface area contributed by atoms with Crippen LogP contribution >= 0.6 is 0 Å². The van der Waals surface area contributed by atoms with Gasteiger partial charge in [0, 0.05) is 12.6 Å². The van der Waals surface area contributed by atoms with Crippen LogP contribution in [0.25, 0.3) is 0 Å². The second-order valence-electron chi connectivity index (χ2n) is 6.06. The van der Waals surface area contributed by atoms with Gasteiger partial charge >= 0.3 is 0 Å². The molecular weight excluding hydrogens is 284 g/mol. The molecule has 0 aliphatic heterocycles. The van der Waals surface area contributed by atoms with Crippen molar-refractivity contribution in [3.8, 4) is 0 Å². The fraction of sp³-hybridized carbons (Fsp3) is 0.500. The summed E-state index contributed by atoms with van der Waals surface area (Å²) in [7, 11) is -3.44. The van der Waals surface area contributed by atoms with E-state index in [1.165, 1.54) is 11.1 Å². The Balaban J connectivity index is 1.78. The SMILES string of the molecule is C=CCNS(=O)(=O)NC1C2CCC1Cc1ccccc1C2. The molecule has 2 bridgehead atoms. The van der Waals surface area contributed by atoms with E-state index < -0.39 is 10.2 Å². The van der Waals surface area contributed by atoms with Gasteiger partial charge in [-0.15, -0.1) is 6.58 Å². The lowest BCUT2D eigenvalue weighted by atomic mass is 9.94. The van der Waals surface area contributed by atoms with E-state index in [9.17, 15) is 8.42 Å². The van der Waals surface area contributed by atoms with Crippen molar-refractivity contribution in [2.45, 2.75) is 31.7 Å². The smallest absolute Gasteiger partial charge is 0.199 e. The van der Waals surface area contributed by atoms with Crippen LogP contribution in [-0.2, 0) is 23.1 Å². The Morgan fingerprint density at radius 1 is 1.14 bits per heavy atom. The number of hydrogen-bond donors (Lipinski definition) is 2. The van der Waals surface area contributed by atoms with E-state index in [1.54, 1.807) is 6.08 Å². The molecule has 2 atom stereocenters. The van der Waals surface area contributed by atoms with Crippen LogP contribution in [0.5, 0.6) is 0 Å². The molecule has 3 rings (SSSR count). The topological polar surface area (TPSA) is 58.2 Å². The Bertz CT molecular complexity index is 594. The van der Waals surface area contributed by atoms with Gasteiger partial charge < -0.3 is 0 Å². The first-order valence-corrected chi connectivity index (χ1v) is 9.02. The minimum atomic E-state index is -3.44. The maximum absolute atomic E-state index is 12.1. The second kappa shape index (κ2) is 5.91. The molecule has 21 heavy (non-hydrogen) atoms. The third-order valence-corrected chi connectivity index (χ3v) is 5.84. The normalized spacial score (nSPS) is 27.9. The van der Waals surface area contributed by atoms with Crippen molar-refractivity contribution in [1.29, 1.82) is 0 Å². The van der Waals surface area contributed by atoms with E-state index in [2.05, 4.69) is 40.3 Å². The number of rotatable bonds is 5. The van der Waals surface area contributed by atoms with Crippen molar-refractivity contribution >= 4 is 10.2 Å². The minimum Gasteiger partial charge on any atom is -0.199 e. The molecule has 2 N–H and O–H groups in total. The minimum absolute atomic E-state index is 0.0414. The van der Waals surface area contributed by atoms with Gasteiger partial charge in [0.1, 0.15) is 0 Å². The average Bonchev–Trinajstić information content (AvgIpc) is 2.71. The summed E-state index contributed by atoms with van der Waals surface area (Å²) in [5.41, 5.74) is 2.76. The summed E-state index contributed by atoms with van der Waals surface area (Å²) in [6.45, 7) is 3.80. The number of hydrogen-bond acceptors (Lipinski definition) is 2. The molecule has 1 aromatic rings. The Morgan fingerprint density at radius 3 is 2.24 bits per heavy atom. The van der Waals surface area contributed by atoms with Crippen LogP contribution in [0.1, 0.15) is 24.0 Å². The predicted molar refractivity (Wildman–Crippen MR) is 84.1 cm³/mol. The molecule has 4 nitrogen and oxygen atoms in total. The molecule has 0 radical (unpaired) electrons. The molecule has 0 saturated heterocycles. The summed E-state index contributed by atoms with van der Waals surface area (Å²) in [5.74, 6) is 0.804. The molecule has 0 spiro atoms. The van der Waals surface area contributed by atoms with Crippen LogP contribution in [0.3, 0.4) is 0 Å². The van der Waals surface area contributed by atoms with Gasteiger partial charge in [0.15, 0.2) is 0 Å². The van der Waals surface area contributed by atoms with Gasteiger partial charge in [-0.2, -0.15) is 17.9 Å². The fourth-order valence-corrected chi connectivity index (χ4v) is 4.90. The first-order chi connectivity index (χ1) is 10.1. The third kappa shape index (κ3) is 3.20. The van der Waals surface area contributed by atoms with Crippen LogP contribution in [0, 0.1) is 11.8 Å². The average molecular weight is 306 g/mol. The predicted octanol–water partition coefficient (Wildman–Crippen LogP) is 1.79. The highest BCUT2D eigenvalue weighted by Crippen LogP contribution is 2.40. The Hall–Kier alpha value is -1.17. The van der Waals surface area contributed by atoms with Crippen LogP contribution < -0.4 is 9.44 Å². The molecule has 2 aliphatic carbocycles. The number of benzene rings is 1. The highest BCUT2D eigenvalue weighted by Gasteiger charge is 2.40. The molecule has 1 saturated carbocycles. The molecule has 2 aliphatic rings. The number of nitrogens with one attached hydrogen (secondary N) is 2. The zero-order valence-electron chi connectivity index (χ0n) is 12.1. The maximum Gasteiger partial charge on any atom is 0.277 e. The van der Waals surface area contributed by atoms with Crippen LogP contribution in [-0.4, -0.2) is 21.0 Å². The molecule has 0 heterocycles. The van der Waals surface area contributed by atoms with Crippen LogP contribution in [0.2, 0.25) is 0 Å². The summed E-state index contributed by atoms with van der Waals surface area (Å²) in [5, 5.41) is 0. The molecule has 1 fully saturated rings. The highest BCUT2D eigenvalue weighted by atomic mass is 32.2. The molecule has 114 valence electrons. The van der Waals surface area contributed by atoms with Gasteiger partial charge in [0.05, 0.1) is 0 Å². The van der Waals surface area contributed by atoms with Crippen molar-refractivity contribution < 1.29 is 8.42 Å². The van der Waals surface area contributed by atoms with Gasteiger partial charge in [0.25, 0.3) is 10.2 Å². The lowest BCUT2D eigenvalue weighted by molar-refractivity contribution is 0.384. The van der Waals surface area contributed by atoms with Crippen molar-refractivity contribution in [3.63, 3.8) is 0 Å². The van der Waals surface area contributed by atoms with Gasteiger partial charge in [-0.05, 0) is 48.6 Å². The summed E-state index contributed by atoms with van der Waals surface area (Å²) in [6.07, 6.45) is 5.71. The Morgan fingerprint density at radius 2 is 1.71 bits per heavy atom. The molecule has 2 unspecified atom stereocenters. The van der Waals surface area contributed by atoms with E-state index in [0.717, 1.165) is 25.7 Å². The quantitative estimate of drug-likeness (QED) is 0.815. The highest BCUT2D eigenvalue weighted by molar-refractivity contribution is 7.87. The summed E-state index contributed by atoms with van der Waals surface area (Å²) < 4.78 is 29.6. The van der Waals surface area contributed by atoms with Crippen molar-refractivity contribution in [3.05, 3.63) is 48.0 Å². The summed E-state index contributed by atoms with van der Waals surface area (Å²) in [6, 6.07) is 8.54. The Labute approximate surface area is 126 Å². The van der Waals surface area contributed by atoms with E-state index in [1.807, 2.05) is 0 Å². The van der Waals surface area contributed by atoms with E-state index in [0.29, 0.717) is 11.8 Å². The largest absolute Gasteiger partial charge is 0.277 e. The van der Waals surface area contributed by atoms with E-state index in [4.69, 9.17) is 0 Å². The van der Waals surface area contributed by atoms with Gasteiger partial charge in [-0.3, -0.25) is 0 Å². The summed E-state index contributed by atoms with van der Waals surface area (Å²) >= 11 is 0.